The van der Waals surface area contributed by atoms with Gasteiger partial charge in [-0.2, -0.15) is 5.26 Å². The molecule has 5 rings (SSSR count). The molecule has 2 unspecified atom stereocenters. The maximum absolute atomic E-state index is 14.3. The van der Waals surface area contributed by atoms with E-state index < -0.39 is 11.3 Å². The number of hydrogen-bond acceptors (Lipinski definition) is 4. The van der Waals surface area contributed by atoms with Gasteiger partial charge < -0.3 is 19.9 Å². The van der Waals surface area contributed by atoms with Crippen molar-refractivity contribution in [1.82, 2.24) is 9.80 Å². The first-order chi connectivity index (χ1) is 19.9. The number of methoxy groups -OCH3 is 1. The molecular weight excluding hydrogens is 580 g/mol. The highest BCUT2D eigenvalue weighted by Gasteiger charge is 2.47. The molecule has 3 amide bonds. The van der Waals surface area contributed by atoms with E-state index in [0.717, 1.165) is 26.4 Å². The number of halogens is 1. The van der Waals surface area contributed by atoms with Gasteiger partial charge in [-0.15, -0.1) is 0 Å². The van der Waals surface area contributed by atoms with E-state index in [1.54, 1.807) is 23.8 Å². The highest BCUT2D eigenvalue weighted by molar-refractivity contribution is 9.10. The molecule has 1 aliphatic rings. The Morgan fingerprint density at radius 2 is 1.49 bits per heavy atom. The van der Waals surface area contributed by atoms with Gasteiger partial charge in [0.25, 0.3) is 0 Å². The molecule has 0 spiro atoms. The van der Waals surface area contributed by atoms with Gasteiger partial charge in [-0.05, 0) is 57.4 Å². The number of anilines is 1. The maximum Gasteiger partial charge on any atom is 0.321 e. The minimum absolute atomic E-state index is 0.227. The lowest BCUT2D eigenvalue weighted by atomic mass is 9.68. The van der Waals surface area contributed by atoms with Gasteiger partial charge in [-0.25, -0.2) is 4.79 Å². The maximum atomic E-state index is 14.3. The molecule has 4 aromatic rings. The number of benzene rings is 4. The summed E-state index contributed by atoms with van der Waals surface area (Å²) in [7, 11) is 1.60. The molecule has 0 aromatic heterocycles. The molecule has 208 valence electrons. The summed E-state index contributed by atoms with van der Waals surface area (Å²) < 4.78 is 6.53. The number of nitrogens with zero attached hydrogens (tertiary/aromatic N) is 3. The van der Waals surface area contributed by atoms with Crippen LogP contribution in [0.2, 0.25) is 0 Å². The lowest BCUT2D eigenvalue weighted by molar-refractivity contribution is -0.140. The van der Waals surface area contributed by atoms with Crippen molar-refractivity contribution in [3.05, 3.63) is 107 Å². The summed E-state index contributed by atoms with van der Waals surface area (Å²) in [5.41, 5.74) is 0.896. The molecule has 7 nitrogen and oxygen atoms in total. The van der Waals surface area contributed by atoms with Crippen LogP contribution in [-0.2, 0) is 4.79 Å². The smallest absolute Gasteiger partial charge is 0.321 e. The van der Waals surface area contributed by atoms with E-state index in [1.807, 2.05) is 91.0 Å². The van der Waals surface area contributed by atoms with Crippen molar-refractivity contribution < 1.29 is 14.3 Å². The van der Waals surface area contributed by atoms with Crippen LogP contribution < -0.4 is 10.1 Å². The van der Waals surface area contributed by atoms with E-state index in [9.17, 15) is 14.9 Å². The number of urea groups is 1. The van der Waals surface area contributed by atoms with Crippen LogP contribution in [-0.4, -0.2) is 55.0 Å². The Hall–Kier alpha value is -4.35. The fourth-order valence-electron chi connectivity index (χ4n) is 5.63. The molecule has 41 heavy (non-hydrogen) atoms. The molecule has 1 N–H and O–H groups in total. The fraction of sp³-hybridized carbons (Fsp3) is 0.242. The number of nitriles is 1. The Morgan fingerprint density at radius 1 is 0.878 bits per heavy atom. The summed E-state index contributed by atoms with van der Waals surface area (Å²) in [6, 6.07) is 31.2. The van der Waals surface area contributed by atoms with Gasteiger partial charge in [-0.1, -0.05) is 72.8 Å². The van der Waals surface area contributed by atoms with E-state index in [4.69, 9.17) is 4.74 Å². The van der Waals surface area contributed by atoms with Gasteiger partial charge in [0.2, 0.25) is 5.91 Å². The van der Waals surface area contributed by atoms with Gasteiger partial charge in [0, 0.05) is 42.1 Å². The number of carbonyl (C=O) groups excluding carboxylic acids is 2. The van der Waals surface area contributed by atoms with Crippen molar-refractivity contribution in [2.24, 2.45) is 5.41 Å². The number of carbonyl (C=O) groups is 2. The molecule has 0 aliphatic carbocycles. The van der Waals surface area contributed by atoms with Crippen LogP contribution >= 0.6 is 15.9 Å². The van der Waals surface area contributed by atoms with E-state index in [1.165, 1.54) is 0 Å². The van der Waals surface area contributed by atoms with Crippen molar-refractivity contribution in [2.75, 3.05) is 38.6 Å². The number of para-hydroxylation sites is 2. The Kier molecular flexibility index (Phi) is 8.27. The standard InChI is InChI=1S/C33H31BrN4O3/c1-33(22-35,31(39)37-18-20-38(21-19-37)32(40)36-28-16-7-6-15-27(28)34)30(26-13-5-8-17-29(26)41-2)25-14-9-11-23-10-3-4-12-24(23)25/h3-17,30H,18-21H2,1-2H3,(H,36,40). The van der Waals surface area contributed by atoms with E-state index >= 15 is 0 Å². The number of piperazine rings is 1. The Balaban J connectivity index is 1.45. The summed E-state index contributed by atoms with van der Waals surface area (Å²) in [4.78, 5) is 30.7. The molecule has 0 radical (unpaired) electrons. The number of fused-ring (bicyclic) bond motifs is 1. The molecule has 0 saturated carbocycles. The van der Waals surface area contributed by atoms with Crippen LogP contribution in [0.3, 0.4) is 0 Å². The largest absolute Gasteiger partial charge is 0.496 e. The van der Waals surface area contributed by atoms with Crippen LogP contribution in [0.4, 0.5) is 10.5 Å². The summed E-state index contributed by atoms with van der Waals surface area (Å²) in [6.07, 6.45) is 0. The third-order valence-corrected chi connectivity index (χ3v) is 8.50. The normalized spacial score (nSPS) is 15.5. The second kappa shape index (κ2) is 12.0. The summed E-state index contributed by atoms with van der Waals surface area (Å²) in [5.74, 6) is -0.248. The fourth-order valence-corrected chi connectivity index (χ4v) is 6.01. The third-order valence-electron chi connectivity index (χ3n) is 7.81. The number of nitrogens with one attached hydrogen (secondary N) is 1. The number of hydrogen-bond donors (Lipinski definition) is 1. The average molecular weight is 612 g/mol. The summed E-state index contributed by atoms with van der Waals surface area (Å²) >= 11 is 3.46. The first kappa shape index (κ1) is 28.2. The first-order valence-electron chi connectivity index (χ1n) is 13.5. The van der Waals surface area contributed by atoms with Gasteiger partial charge in [0.05, 0.1) is 18.9 Å². The predicted octanol–water partition coefficient (Wildman–Crippen LogP) is 6.65. The lowest BCUT2D eigenvalue weighted by Crippen LogP contribution is -2.55. The molecule has 1 saturated heterocycles. The molecule has 1 heterocycles. The van der Waals surface area contributed by atoms with Gasteiger partial charge in [-0.3, -0.25) is 4.79 Å². The van der Waals surface area contributed by atoms with Crippen molar-refractivity contribution in [3.8, 4) is 11.8 Å². The Bertz CT molecular complexity index is 1620. The highest BCUT2D eigenvalue weighted by Crippen LogP contribution is 2.47. The number of rotatable bonds is 6. The number of ether oxygens (including phenoxy) is 1. The third kappa shape index (κ3) is 5.50. The van der Waals surface area contributed by atoms with Crippen molar-refractivity contribution in [3.63, 3.8) is 0 Å². The van der Waals surface area contributed by atoms with Crippen LogP contribution in [0.1, 0.15) is 24.0 Å². The van der Waals surface area contributed by atoms with Crippen LogP contribution in [0.25, 0.3) is 10.8 Å². The monoisotopic (exact) mass is 610 g/mol. The molecular formula is C33H31BrN4O3. The lowest BCUT2D eigenvalue weighted by Gasteiger charge is -2.40. The molecule has 4 aromatic carbocycles. The minimum Gasteiger partial charge on any atom is -0.496 e. The van der Waals surface area contributed by atoms with Crippen LogP contribution in [0.5, 0.6) is 5.75 Å². The molecule has 2 atom stereocenters. The van der Waals surface area contributed by atoms with Crippen LogP contribution in [0.15, 0.2) is 95.5 Å². The zero-order valence-corrected chi connectivity index (χ0v) is 24.6. The van der Waals surface area contributed by atoms with Crippen molar-refractivity contribution >= 4 is 44.3 Å². The van der Waals surface area contributed by atoms with Crippen molar-refractivity contribution in [1.29, 1.82) is 5.26 Å². The van der Waals surface area contributed by atoms with E-state index in [-0.39, 0.29) is 11.9 Å². The zero-order chi connectivity index (χ0) is 29.0. The zero-order valence-electron chi connectivity index (χ0n) is 23.0. The topological polar surface area (TPSA) is 85.7 Å². The molecule has 1 aliphatic heterocycles. The first-order valence-corrected chi connectivity index (χ1v) is 14.3. The minimum atomic E-state index is -1.45. The second-order valence-electron chi connectivity index (χ2n) is 10.2. The van der Waals surface area contributed by atoms with E-state index in [2.05, 4.69) is 27.3 Å². The highest BCUT2D eigenvalue weighted by atomic mass is 79.9. The van der Waals surface area contributed by atoms with Gasteiger partial charge in [0.1, 0.15) is 11.2 Å². The quantitative estimate of drug-likeness (QED) is 0.265. The van der Waals surface area contributed by atoms with Gasteiger partial charge in [0.15, 0.2) is 0 Å². The Morgan fingerprint density at radius 3 is 2.22 bits per heavy atom. The van der Waals surface area contributed by atoms with Crippen LogP contribution in [0, 0.1) is 16.7 Å². The molecule has 8 heteroatoms. The summed E-state index contributed by atoms with van der Waals surface area (Å²) in [6.45, 7) is 3.09. The molecule has 0 bridgehead atoms. The SMILES string of the molecule is COc1ccccc1C(c1cccc2ccccc12)C(C)(C#N)C(=O)N1CCN(C(=O)Nc2ccccc2Br)CC1. The second-order valence-corrected chi connectivity index (χ2v) is 11.1. The average Bonchev–Trinajstić information content (AvgIpc) is 3.02. The predicted molar refractivity (Wildman–Crippen MR) is 164 cm³/mol. The van der Waals surface area contributed by atoms with E-state index in [0.29, 0.717) is 37.6 Å². The van der Waals surface area contributed by atoms with Crippen molar-refractivity contribution in [2.45, 2.75) is 12.8 Å². The summed E-state index contributed by atoms with van der Waals surface area (Å²) in [5, 5.41) is 15.7. The molecule has 1 fully saturated rings. The Labute approximate surface area is 248 Å². The van der Waals surface area contributed by atoms with Gasteiger partial charge >= 0.3 is 6.03 Å². The number of amides is 3.